The van der Waals surface area contributed by atoms with E-state index in [1.54, 1.807) is 13.3 Å². The number of rotatable bonds is 7. The van der Waals surface area contributed by atoms with Crippen molar-refractivity contribution in [3.05, 3.63) is 70.5 Å². The molecule has 0 aliphatic rings. The standard InChI is InChI=1S/C20H20N4O3/c1-3-27-17-11-7-10-15(19(17)26-2)13-21-24-20-22-16(12-18(25)23-20)14-8-5-4-6-9-14/h4-13H,3H2,1-2H3,(H2,22,23,24,25)/b21-13-. The van der Waals surface area contributed by atoms with Gasteiger partial charge in [-0.3, -0.25) is 9.78 Å². The predicted octanol–water partition coefficient (Wildman–Crippen LogP) is 3.29. The number of aromatic nitrogens is 2. The molecule has 0 amide bonds. The van der Waals surface area contributed by atoms with Crippen molar-refractivity contribution in [3.63, 3.8) is 0 Å². The summed E-state index contributed by atoms with van der Waals surface area (Å²) in [6.07, 6.45) is 1.58. The molecule has 7 nitrogen and oxygen atoms in total. The maximum absolute atomic E-state index is 11.9. The third kappa shape index (κ3) is 4.52. The minimum atomic E-state index is -0.266. The molecule has 0 aliphatic carbocycles. The third-order valence-corrected chi connectivity index (χ3v) is 3.70. The number of ether oxygens (including phenoxy) is 2. The quantitative estimate of drug-likeness (QED) is 0.496. The lowest BCUT2D eigenvalue weighted by Crippen LogP contribution is -2.10. The average molecular weight is 364 g/mol. The second kappa shape index (κ2) is 8.66. The molecule has 0 saturated carbocycles. The number of methoxy groups -OCH3 is 1. The van der Waals surface area contributed by atoms with Gasteiger partial charge >= 0.3 is 0 Å². The Hall–Kier alpha value is -3.61. The van der Waals surface area contributed by atoms with Crippen LogP contribution in [0.15, 0.2) is 64.5 Å². The molecular formula is C20H20N4O3. The molecule has 3 aromatic rings. The maximum atomic E-state index is 11.9. The Bertz CT molecular complexity index is 984. The first-order valence-electron chi connectivity index (χ1n) is 8.47. The molecule has 1 heterocycles. The summed E-state index contributed by atoms with van der Waals surface area (Å²) in [5.74, 6) is 1.48. The summed E-state index contributed by atoms with van der Waals surface area (Å²) in [5, 5.41) is 4.15. The number of aromatic amines is 1. The minimum Gasteiger partial charge on any atom is -0.492 e. The van der Waals surface area contributed by atoms with Crippen LogP contribution < -0.4 is 20.5 Å². The largest absolute Gasteiger partial charge is 0.492 e. The second-order valence-electron chi connectivity index (χ2n) is 5.53. The number of H-pyrrole nitrogens is 1. The molecule has 0 fully saturated rings. The van der Waals surface area contributed by atoms with E-state index in [2.05, 4.69) is 20.5 Å². The van der Waals surface area contributed by atoms with Crippen molar-refractivity contribution in [2.24, 2.45) is 5.10 Å². The van der Waals surface area contributed by atoms with E-state index >= 15 is 0 Å². The SMILES string of the molecule is CCOc1cccc(/C=N\Nc2nc(-c3ccccc3)cc(=O)[nH]2)c1OC. The predicted molar refractivity (Wildman–Crippen MR) is 106 cm³/mol. The van der Waals surface area contributed by atoms with Crippen LogP contribution in [0.3, 0.4) is 0 Å². The molecule has 7 heteroatoms. The molecule has 0 atom stereocenters. The van der Waals surface area contributed by atoms with E-state index in [0.717, 1.165) is 11.1 Å². The topological polar surface area (TPSA) is 88.6 Å². The Kier molecular flexibility index (Phi) is 5.84. The van der Waals surface area contributed by atoms with Gasteiger partial charge in [0.05, 0.1) is 25.6 Å². The lowest BCUT2D eigenvalue weighted by molar-refractivity contribution is 0.311. The van der Waals surface area contributed by atoms with Crippen molar-refractivity contribution in [1.82, 2.24) is 9.97 Å². The summed E-state index contributed by atoms with van der Waals surface area (Å²) >= 11 is 0. The fraction of sp³-hybridized carbons (Fsp3) is 0.150. The molecule has 0 spiro atoms. The number of para-hydroxylation sites is 1. The van der Waals surface area contributed by atoms with Crippen LogP contribution in [0.1, 0.15) is 12.5 Å². The van der Waals surface area contributed by atoms with Gasteiger partial charge in [-0.15, -0.1) is 0 Å². The number of hydrogen-bond acceptors (Lipinski definition) is 6. The molecule has 138 valence electrons. The lowest BCUT2D eigenvalue weighted by atomic mass is 10.1. The molecule has 0 aliphatic heterocycles. The summed E-state index contributed by atoms with van der Waals surface area (Å²) in [6.45, 7) is 2.44. The van der Waals surface area contributed by atoms with Crippen LogP contribution in [0.4, 0.5) is 5.95 Å². The van der Waals surface area contributed by atoms with E-state index in [4.69, 9.17) is 9.47 Å². The highest BCUT2D eigenvalue weighted by molar-refractivity contribution is 5.85. The summed E-state index contributed by atoms with van der Waals surface area (Å²) in [4.78, 5) is 18.9. The van der Waals surface area contributed by atoms with Crippen LogP contribution in [-0.2, 0) is 0 Å². The van der Waals surface area contributed by atoms with Gasteiger partial charge < -0.3 is 9.47 Å². The molecule has 0 bridgehead atoms. The zero-order valence-corrected chi connectivity index (χ0v) is 15.1. The lowest BCUT2D eigenvalue weighted by Gasteiger charge is -2.11. The van der Waals surface area contributed by atoms with Gasteiger partial charge in [-0.05, 0) is 19.1 Å². The first-order chi connectivity index (χ1) is 13.2. The van der Waals surface area contributed by atoms with Crippen molar-refractivity contribution in [1.29, 1.82) is 0 Å². The van der Waals surface area contributed by atoms with Crippen LogP contribution in [0.5, 0.6) is 11.5 Å². The Morgan fingerprint density at radius 1 is 1.19 bits per heavy atom. The van der Waals surface area contributed by atoms with Crippen molar-refractivity contribution < 1.29 is 9.47 Å². The van der Waals surface area contributed by atoms with Gasteiger partial charge in [-0.1, -0.05) is 36.4 Å². The summed E-state index contributed by atoms with van der Waals surface area (Å²) in [5.41, 5.74) is 4.63. The Morgan fingerprint density at radius 3 is 2.74 bits per heavy atom. The zero-order chi connectivity index (χ0) is 19.1. The smallest absolute Gasteiger partial charge is 0.252 e. The molecule has 2 aromatic carbocycles. The van der Waals surface area contributed by atoms with Gasteiger partial charge in [0.1, 0.15) is 0 Å². The van der Waals surface area contributed by atoms with Gasteiger partial charge in [-0.2, -0.15) is 5.10 Å². The molecule has 2 N–H and O–H groups in total. The van der Waals surface area contributed by atoms with E-state index in [-0.39, 0.29) is 11.5 Å². The molecule has 1 aromatic heterocycles. The van der Waals surface area contributed by atoms with Gasteiger partial charge in [0, 0.05) is 17.2 Å². The van der Waals surface area contributed by atoms with E-state index < -0.39 is 0 Å². The van der Waals surface area contributed by atoms with Crippen molar-refractivity contribution in [2.75, 3.05) is 19.1 Å². The number of anilines is 1. The van der Waals surface area contributed by atoms with Gasteiger partial charge in [0.2, 0.25) is 5.95 Å². The van der Waals surface area contributed by atoms with Crippen LogP contribution in [0.2, 0.25) is 0 Å². The van der Waals surface area contributed by atoms with E-state index in [1.165, 1.54) is 6.07 Å². The van der Waals surface area contributed by atoms with Crippen molar-refractivity contribution >= 4 is 12.2 Å². The Balaban J connectivity index is 1.82. The maximum Gasteiger partial charge on any atom is 0.252 e. The van der Waals surface area contributed by atoms with Gasteiger partial charge in [-0.25, -0.2) is 10.4 Å². The normalized spacial score (nSPS) is 10.7. The fourth-order valence-electron chi connectivity index (χ4n) is 2.55. The minimum absolute atomic E-state index is 0.248. The van der Waals surface area contributed by atoms with Crippen LogP contribution in [0.25, 0.3) is 11.3 Å². The van der Waals surface area contributed by atoms with E-state index in [9.17, 15) is 4.79 Å². The van der Waals surface area contributed by atoms with Crippen LogP contribution >= 0.6 is 0 Å². The monoisotopic (exact) mass is 364 g/mol. The second-order valence-corrected chi connectivity index (χ2v) is 5.53. The number of hydrogen-bond donors (Lipinski definition) is 2. The first kappa shape index (κ1) is 18.2. The van der Waals surface area contributed by atoms with Crippen molar-refractivity contribution in [3.8, 4) is 22.8 Å². The highest BCUT2D eigenvalue weighted by Gasteiger charge is 2.08. The first-order valence-corrected chi connectivity index (χ1v) is 8.47. The molecule has 0 unspecified atom stereocenters. The molecule has 27 heavy (non-hydrogen) atoms. The molecule has 0 radical (unpaired) electrons. The Labute approximate surface area is 156 Å². The highest BCUT2D eigenvalue weighted by Crippen LogP contribution is 2.29. The number of benzene rings is 2. The van der Waals surface area contributed by atoms with E-state index in [1.807, 2.05) is 55.5 Å². The fourth-order valence-corrected chi connectivity index (χ4v) is 2.55. The number of nitrogens with one attached hydrogen (secondary N) is 2. The Morgan fingerprint density at radius 2 is 2.00 bits per heavy atom. The van der Waals surface area contributed by atoms with E-state index in [0.29, 0.717) is 23.8 Å². The third-order valence-electron chi connectivity index (χ3n) is 3.70. The van der Waals surface area contributed by atoms with Crippen molar-refractivity contribution in [2.45, 2.75) is 6.92 Å². The van der Waals surface area contributed by atoms with Gasteiger partial charge in [0.25, 0.3) is 5.56 Å². The van der Waals surface area contributed by atoms with Gasteiger partial charge in [0.15, 0.2) is 11.5 Å². The summed E-state index contributed by atoms with van der Waals surface area (Å²) < 4.78 is 11.0. The molecule has 3 rings (SSSR count). The average Bonchev–Trinajstić information content (AvgIpc) is 2.69. The summed E-state index contributed by atoms with van der Waals surface area (Å²) in [6, 6.07) is 16.4. The highest BCUT2D eigenvalue weighted by atomic mass is 16.5. The van der Waals surface area contributed by atoms with Crippen LogP contribution in [0, 0.1) is 0 Å². The van der Waals surface area contributed by atoms with Crippen LogP contribution in [-0.4, -0.2) is 29.9 Å². The number of hydrazone groups is 1. The molecular weight excluding hydrogens is 344 g/mol. The zero-order valence-electron chi connectivity index (χ0n) is 15.1. The summed E-state index contributed by atoms with van der Waals surface area (Å²) in [7, 11) is 1.57. The molecule has 0 saturated heterocycles. The number of nitrogens with zero attached hydrogens (tertiary/aromatic N) is 2.